The summed E-state index contributed by atoms with van der Waals surface area (Å²) in [5.74, 6) is 1.00. The third-order valence-corrected chi connectivity index (χ3v) is 6.51. The minimum Gasteiger partial charge on any atom is -0.494 e. The molecule has 0 heterocycles. The highest BCUT2D eigenvalue weighted by atomic mass is 32.2. The van der Waals surface area contributed by atoms with Crippen LogP contribution in [0.25, 0.3) is 0 Å². The van der Waals surface area contributed by atoms with Crippen LogP contribution >= 0.6 is 0 Å². The van der Waals surface area contributed by atoms with Crippen LogP contribution in [0.4, 0.5) is 11.4 Å². The van der Waals surface area contributed by atoms with Crippen molar-refractivity contribution in [2.75, 3.05) is 16.6 Å². The molecule has 6 nitrogen and oxygen atoms in total. The smallest absolute Gasteiger partial charge is 0.261 e. The Morgan fingerprint density at radius 2 is 1.61 bits per heavy atom. The second-order valence-corrected chi connectivity index (χ2v) is 10.1. The SMILES string of the molecule is Cc1ccc(NS(=O)(=O)c2ccc(NC(=O)c3ccc(OCCC(C)C)cc3)cc2)c(C)c1. The highest BCUT2D eigenvalue weighted by Gasteiger charge is 2.16. The summed E-state index contributed by atoms with van der Waals surface area (Å²) in [7, 11) is -3.74. The molecule has 0 aliphatic heterocycles. The van der Waals surface area contributed by atoms with Gasteiger partial charge in [-0.15, -0.1) is 0 Å². The molecule has 0 saturated heterocycles. The van der Waals surface area contributed by atoms with Crippen LogP contribution in [0, 0.1) is 19.8 Å². The molecule has 0 spiro atoms. The summed E-state index contributed by atoms with van der Waals surface area (Å²) in [6.07, 6.45) is 0.966. The number of carbonyl (C=O) groups excluding carboxylic acids is 1. The second-order valence-electron chi connectivity index (χ2n) is 8.46. The zero-order chi connectivity index (χ0) is 24.0. The van der Waals surface area contributed by atoms with E-state index in [1.54, 1.807) is 42.5 Å². The summed E-state index contributed by atoms with van der Waals surface area (Å²) in [5.41, 5.74) is 3.43. The second kappa shape index (κ2) is 10.5. The van der Waals surface area contributed by atoms with Crippen molar-refractivity contribution in [1.29, 1.82) is 0 Å². The lowest BCUT2D eigenvalue weighted by Crippen LogP contribution is -2.15. The normalized spacial score (nSPS) is 11.3. The molecule has 0 bridgehead atoms. The Morgan fingerprint density at radius 3 is 2.21 bits per heavy atom. The maximum absolute atomic E-state index is 12.7. The molecule has 7 heteroatoms. The van der Waals surface area contributed by atoms with Gasteiger partial charge in [0.2, 0.25) is 0 Å². The quantitative estimate of drug-likeness (QED) is 0.419. The van der Waals surface area contributed by atoms with Gasteiger partial charge < -0.3 is 10.1 Å². The molecule has 0 aliphatic carbocycles. The standard InChI is InChI=1S/C26H30N2O4S/c1-18(2)15-16-32-23-10-6-21(7-11-23)26(29)27-22-8-12-24(13-9-22)33(30,31)28-25-14-5-19(3)17-20(25)4/h5-14,17-18,28H,15-16H2,1-4H3,(H,27,29). The molecule has 0 aromatic heterocycles. The summed E-state index contributed by atoms with van der Waals surface area (Å²) >= 11 is 0. The van der Waals surface area contributed by atoms with Crippen molar-refractivity contribution in [3.8, 4) is 5.75 Å². The summed E-state index contributed by atoms with van der Waals surface area (Å²) in [4.78, 5) is 12.6. The molecule has 3 aromatic rings. The van der Waals surface area contributed by atoms with Crippen molar-refractivity contribution in [2.24, 2.45) is 5.92 Å². The molecule has 2 N–H and O–H groups in total. The maximum atomic E-state index is 12.7. The van der Waals surface area contributed by atoms with Gasteiger partial charge in [0, 0.05) is 11.3 Å². The fraction of sp³-hybridized carbons (Fsp3) is 0.269. The number of carbonyl (C=O) groups is 1. The van der Waals surface area contributed by atoms with Crippen LogP contribution in [0.2, 0.25) is 0 Å². The predicted octanol–water partition coefficient (Wildman–Crippen LogP) is 5.78. The molecule has 1 amide bonds. The molecule has 174 valence electrons. The fourth-order valence-corrected chi connectivity index (χ4v) is 4.30. The van der Waals surface area contributed by atoms with Crippen molar-refractivity contribution in [3.63, 3.8) is 0 Å². The Bertz CT molecular complexity index is 1200. The average molecular weight is 467 g/mol. The van der Waals surface area contributed by atoms with Gasteiger partial charge in [-0.3, -0.25) is 9.52 Å². The number of aryl methyl sites for hydroxylation is 2. The molecule has 0 saturated carbocycles. The van der Waals surface area contributed by atoms with Gasteiger partial charge in [0.15, 0.2) is 0 Å². The van der Waals surface area contributed by atoms with E-state index in [9.17, 15) is 13.2 Å². The lowest BCUT2D eigenvalue weighted by molar-refractivity contribution is 0.102. The lowest BCUT2D eigenvalue weighted by atomic mass is 10.1. The van der Waals surface area contributed by atoms with Crippen LogP contribution in [0.5, 0.6) is 5.75 Å². The van der Waals surface area contributed by atoms with Crippen molar-refractivity contribution in [1.82, 2.24) is 0 Å². The number of anilines is 2. The van der Waals surface area contributed by atoms with Gasteiger partial charge >= 0.3 is 0 Å². The van der Waals surface area contributed by atoms with Crippen LogP contribution in [0.3, 0.4) is 0 Å². The largest absolute Gasteiger partial charge is 0.494 e. The van der Waals surface area contributed by atoms with E-state index in [4.69, 9.17) is 4.74 Å². The number of nitrogens with one attached hydrogen (secondary N) is 2. The first-order valence-corrected chi connectivity index (χ1v) is 12.4. The van der Waals surface area contributed by atoms with Crippen LogP contribution in [-0.2, 0) is 10.0 Å². The van der Waals surface area contributed by atoms with Crippen molar-refractivity contribution in [2.45, 2.75) is 39.0 Å². The molecule has 3 aromatic carbocycles. The molecule has 0 unspecified atom stereocenters. The summed E-state index contributed by atoms with van der Waals surface area (Å²) < 4.78 is 33.7. The minimum absolute atomic E-state index is 0.114. The Labute approximate surface area is 196 Å². The molecule has 0 aliphatic rings. The van der Waals surface area contributed by atoms with E-state index >= 15 is 0 Å². The lowest BCUT2D eigenvalue weighted by Gasteiger charge is -2.12. The molecule has 0 fully saturated rings. The monoisotopic (exact) mass is 466 g/mol. The predicted molar refractivity (Wildman–Crippen MR) is 133 cm³/mol. The first kappa shape index (κ1) is 24.3. The summed E-state index contributed by atoms with van der Waals surface area (Å²) in [6, 6.07) is 18.5. The van der Waals surface area contributed by atoms with Gasteiger partial charge in [-0.25, -0.2) is 8.42 Å². The zero-order valence-electron chi connectivity index (χ0n) is 19.4. The fourth-order valence-electron chi connectivity index (χ4n) is 3.17. The Balaban J connectivity index is 1.62. The van der Waals surface area contributed by atoms with Crippen LogP contribution in [0.1, 0.15) is 41.8 Å². The van der Waals surface area contributed by atoms with Gasteiger partial charge in [0.25, 0.3) is 15.9 Å². The highest BCUT2D eigenvalue weighted by Crippen LogP contribution is 2.22. The van der Waals surface area contributed by atoms with Crippen molar-refractivity contribution < 1.29 is 17.9 Å². The number of hydrogen-bond acceptors (Lipinski definition) is 4. The Morgan fingerprint density at radius 1 is 0.939 bits per heavy atom. The van der Waals surface area contributed by atoms with E-state index < -0.39 is 10.0 Å². The molecule has 0 radical (unpaired) electrons. The molecular weight excluding hydrogens is 436 g/mol. The van der Waals surface area contributed by atoms with Crippen molar-refractivity contribution >= 4 is 27.3 Å². The molecule has 0 atom stereocenters. The van der Waals surface area contributed by atoms with Gasteiger partial charge in [0.1, 0.15) is 5.75 Å². The van der Waals surface area contributed by atoms with E-state index in [0.29, 0.717) is 29.5 Å². The van der Waals surface area contributed by atoms with Crippen molar-refractivity contribution in [3.05, 3.63) is 83.4 Å². The summed E-state index contributed by atoms with van der Waals surface area (Å²) in [6.45, 7) is 8.72. The number of sulfonamides is 1. The Hall–Kier alpha value is -3.32. The van der Waals surface area contributed by atoms with Gasteiger partial charge in [0.05, 0.1) is 17.2 Å². The van der Waals surface area contributed by atoms with Gasteiger partial charge in [-0.05, 0) is 86.3 Å². The number of benzene rings is 3. The first-order valence-electron chi connectivity index (χ1n) is 10.9. The minimum atomic E-state index is -3.74. The first-order chi connectivity index (χ1) is 15.6. The molecular formula is C26H30N2O4S. The van der Waals surface area contributed by atoms with Gasteiger partial charge in [-0.1, -0.05) is 31.5 Å². The number of amides is 1. The molecule has 33 heavy (non-hydrogen) atoms. The van der Waals surface area contributed by atoms with Crippen LogP contribution in [0.15, 0.2) is 71.6 Å². The van der Waals surface area contributed by atoms with E-state index in [1.165, 1.54) is 12.1 Å². The zero-order valence-corrected chi connectivity index (χ0v) is 20.2. The highest BCUT2D eigenvalue weighted by molar-refractivity contribution is 7.92. The number of hydrogen-bond donors (Lipinski definition) is 2. The average Bonchev–Trinajstić information content (AvgIpc) is 2.76. The summed E-state index contributed by atoms with van der Waals surface area (Å²) in [5, 5.41) is 2.78. The van der Waals surface area contributed by atoms with E-state index in [1.807, 2.05) is 26.0 Å². The third kappa shape index (κ3) is 6.83. The number of ether oxygens (including phenoxy) is 1. The van der Waals surface area contributed by atoms with E-state index in [-0.39, 0.29) is 10.8 Å². The maximum Gasteiger partial charge on any atom is 0.261 e. The topological polar surface area (TPSA) is 84.5 Å². The van der Waals surface area contributed by atoms with E-state index in [0.717, 1.165) is 23.3 Å². The van der Waals surface area contributed by atoms with Gasteiger partial charge in [-0.2, -0.15) is 0 Å². The van der Waals surface area contributed by atoms with E-state index in [2.05, 4.69) is 23.9 Å². The van der Waals surface area contributed by atoms with Crippen LogP contribution < -0.4 is 14.8 Å². The number of rotatable bonds is 9. The third-order valence-electron chi connectivity index (χ3n) is 5.13. The Kier molecular flexibility index (Phi) is 7.76. The van der Waals surface area contributed by atoms with Crippen LogP contribution in [-0.4, -0.2) is 20.9 Å². The molecule has 3 rings (SSSR count).